The van der Waals surface area contributed by atoms with Crippen LogP contribution in [0.25, 0.3) is 11.3 Å². The summed E-state index contributed by atoms with van der Waals surface area (Å²) in [6.45, 7) is 1.84. The van der Waals surface area contributed by atoms with Gasteiger partial charge in [-0.3, -0.25) is 10.1 Å². The highest BCUT2D eigenvalue weighted by molar-refractivity contribution is 9.10. The summed E-state index contributed by atoms with van der Waals surface area (Å²) in [6, 6.07) is 5.98. The fraction of sp³-hybridized carbons (Fsp3) is 0.286. The molecular formula is C14H12BrF3N2O2. The highest BCUT2D eigenvalue weighted by Crippen LogP contribution is 2.31. The zero-order valence-electron chi connectivity index (χ0n) is 11.4. The summed E-state index contributed by atoms with van der Waals surface area (Å²) in [6.07, 6.45) is -3.78. The Balaban J connectivity index is 2.13. The average molecular weight is 377 g/mol. The zero-order chi connectivity index (χ0) is 16.3. The van der Waals surface area contributed by atoms with Crippen molar-refractivity contribution in [3.05, 3.63) is 35.9 Å². The van der Waals surface area contributed by atoms with E-state index in [2.05, 4.69) is 26.4 Å². The molecular weight excluding hydrogens is 365 g/mol. The van der Waals surface area contributed by atoms with Crippen LogP contribution in [0.5, 0.6) is 0 Å². The van der Waals surface area contributed by atoms with E-state index in [1.807, 2.05) is 6.92 Å². The number of halogens is 4. The molecule has 1 amide bonds. The topological polar surface area (TPSA) is 55.1 Å². The van der Waals surface area contributed by atoms with Crippen LogP contribution in [0.1, 0.15) is 18.9 Å². The smallest absolute Gasteiger partial charge is 0.338 e. The number of carbonyl (C=O) groups excluding carboxylic acids is 1. The summed E-state index contributed by atoms with van der Waals surface area (Å²) in [5.41, 5.74) is 0.0631. The number of nitrogens with zero attached hydrogens (tertiary/aromatic N) is 1. The van der Waals surface area contributed by atoms with Crippen molar-refractivity contribution in [1.29, 1.82) is 0 Å². The molecule has 0 spiro atoms. The summed E-state index contributed by atoms with van der Waals surface area (Å²) in [4.78, 5) is 11.3. The lowest BCUT2D eigenvalue weighted by atomic mass is 10.1. The molecule has 2 rings (SSSR count). The Labute approximate surface area is 132 Å². The van der Waals surface area contributed by atoms with Crippen LogP contribution in [0.4, 0.5) is 19.1 Å². The molecule has 1 atom stereocenters. The van der Waals surface area contributed by atoms with Gasteiger partial charge in [-0.25, -0.2) is 0 Å². The first-order chi connectivity index (χ1) is 10.3. The third-order valence-corrected chi connectivity index (χ3v) is 3.97. The van der Waals surface area contributed by atoms with E-state index in [9.17, 15) is 18.0 Å². The van der Waals surface area contributed by atoms with Crippen molar-refractivity contribution in [3.63, 3.8) is 0 Å². The van der Waals surface area contributed by atoms with Gasteiger partial charge in [-0.1, -0.05) is 40.1 Å². The normalized spacial score (nSPS) is 13.0. The number of nitrogens with one attached hydrogen (secondary N) is 1. The van der Waals surface area contributed by atoms with Gasteiger partial charge in [0.25, 0.3) is 0 Å². The molecule has 0 saturated carbocycles. The summed E-state index contributed by atoms with van der Waals surface area (Å²) in [5, 5.41) is 6.25. The molecule has 0 fully saturated rings. The first kappa shape index (κ1) is 16.5. The number of hydrogen-bond donors (Lipinski definition) is 1. The van der Waals surface area contributed by atoms with Crippen molar-refractivity contribution in [3.8, 4) is 11.3 Å². The Bertz CT molecular complexity index is 653. The maximum absolute atomic E-state index is 12.5. The lowest BCUT2D eigenvalue weighted by molar-refractivity contribution is -0.137. The lowest BCUT2D eigenvalue weighted by Gasteiger charge is -2.06. The first-order valence-corrected chi connectivity index (χ1v) is 7.32. The molecule has 1 aromatic heterocycles. The Kier molecular flexibility index (Phi) is 4.90. The number of anilines is 1. The largest absolute Gasteiger partial charge is 0.416 e. The molecule has 1 heterocycles. The van der Waals surface area contributed by atoms with E-state index in [0.29, 0.717) is 17.7 Å². The minimum Gasteiger partial charge on any atom is -0.338 e. The summed E-state index contributed by atoms with van der Waals surface area (Å²) in [5.74, 6) is -0.143. The van der Waals surface area contributed by atoms with E-state index >= 15 is 0 Å². The van der Waals surface area contributed by atoms with Gasteiger partial charge in [0, 0.05) is 11.6 Å². The van der Waals surface area contributed by atoms with Crippen molar-refractivity contribution in [2.45, 2.75) is 24.3 Å². The second-order valence-corrected chi connectivity index (χ2v) is 5.62. The average Bonchev–Trinajstić information content (AvgIpc) is 2.94. The van der Waals surface area contributed by atoms with Crippen LogP contribution in [0.2, 0.25) is 0 Å². The molecule has 22 heavy (non-hydrogen) atoms. The summed E-state index contributed by atoms with van der Waals surface area (Å²) in [7, 11) is 0. The fourth-order valence-corrected chi connectivity index (χ4v) is 1.80. The van der Waals surface area contributed by atoms with E-state index in [1.54, 1.807) is 0 Å². The van der Waals surface area contributed by atoms with Crippen molar-refractivity contribution < 1.29 is 22.5 Å². The molecule has 8 heteroatoms. The molecule has 0 aliphatic carbocycles. The molecule has 2 aromatic rings. The van der Waals surface area contributed by atoms with Crippen LogP contribution in [0, 0.1) is 0 Å². The van der Waals surface area contributed by atoms with Crippen LogP contribution < -0.4 is 5.32 Å². The van der Waals surface area contributed by atoms with Crippen molar-refractivity contribution in [2.24, 2.45) is 0 Å². The van der Waals surface area contributed by atoms with E-state index in [4.69, 9.17) is 4.52 Å². The number of aromatic nitrogens is 1. The SMILES string of the molecule is CCC(Br)C(=O)Nc1cc(-c2ccc(C(F)(F)F)cc2)no1. The van der Waals surface area contributed by atoms with Crippen molar-refractivity contribution in [1.82, 2.24) is 5.16 Å². The van der Waals surface area contributed by atoms with Crippen molar-refractivity contribution >= 4 is 27.7 Å². The molecule has 0 radical (unpaired) electrons. The molecule has 0 bridgehead atoms. The first-order valence-electron chi connectivity index (χ1n) is 6.40. The molecule has 118 valence electrons. The van der Waals surface area contributed by atoms with Crippen LogP contribution in [-0.4, -0.2) is 15.9 Å². The Morgan fingerprint density at radius 1 is 1.36 bits per heavy atom. The van der Waals surface area contributed by atoms with Gasteiger partial charge < -0.3 is 4.52 Å². The van der Waals surface area contributed by atoms with Crippen molar-refractivity contribution in [2.75, 3.05) is 5.32 Å². The maximum atomic E-state index is 12.5. The highest BCUT2D eigenvalue weighted by Gasteiger charge is 2.30. The number of alkyl halides is 4. The van der Waals surface area contributed by atoms with Gasteiger partial charge in [-0.05, 0) is 18.6 Å². The van der Waals surface area contributed by atoms with Gasteiger partial charge in [-0.2, -0.15) is 13.2 Å². The van der Waals surface area contributed by atoms with Crippen LogP contribution in [-0.2, 0) is 11.0 Å². The standard InChI is InChI=1S/C14H12BrF3N2O2/c1-2-10(15)13(21)19-12-7-11(20-22-12)8-3-5-9(6-4-8)14(16,17)18/h3-7,10H,2H2,1H3,(H,19,21). The number of rotatable bonds is 4. The predicted octanol–water partition coefficient (Wildman–Crippen LogP) is 4.47. The molecule has 1 unspecified atom stereocenters. The minimum absolute atomic E-state index is 0.137. The Morgan fingerprint density at radius 3 is 2.55 bits per heavy atom. The van der Waals surface area contributed by atoms with Crippen LogP contribution >= 0.6 is 15.9 Å². The second-order valence-electron chi connectivity index (χ2n) is 4.52. The van der Waals surface area contributed by atoms with Gasteiger partial charge in [0.05, 0.1) is 10.4 Å². The fourth-order valence-electron chi connectivity index (χ4n) is 1.69. The van der Waals surface area contributed by atoms with Gasteiger partial charge in [0.1, 0.15) is 5.69 Å². The van der Waals surface area contributed by atoms with E-state index in [-0.39, 0.29) is 16.6 Å². The number of hydrogen-bond acceptors (Lipinski definition) is 3. The highest BCUT2D eigenvalue weighted by atomic mass is 79.9. The van der Waals surface area contributed by atoms with Gasteiger partial charge in [-0.15, -0.1) is 0 Å². The Hall–Kier alpha value is -1.83. The third-order valence-electron chi connectivity index (χ3n) is 2.91. The van der Waals surface area contributed by atoms with E-state index < -0.39 is 11.7 Å². The van der Waals surface area contributed by atoms with Gasteiger partial charge in [0.2, 0.25) is 11.8 Å². The number of carbonyl (C=O) groups is 1. The molecule has 4 nitrogen and oxygen atoms in total. The van der Waals surface area contributed by atoms with Crippen LogP contribution in [0.3, 0.4) is 0 Å². The molecule has 0 aliphatic heterocycles. The van der Waals surface area contributed by atoms with E-state index in [1.165, 1.54) is 18.2 Å². The molecule has 0 saturated heterocycles. The molecule has 0 aliphatic rings. The third kappa shape index (κ3) is 3.88. The summed E-state index contributed by atoms with van der Waals surface area (Å²) < 4.78 is 42.4. The zero-order valence-corrected chi connectivity index (χ0v) is 13.0. The number of benzene rings is 1. The van der Waals surface area contributed by atoms with Gasteiger partial charge in [0.15, 0.2) is 0 Å². The van der Waals surface area contributed by atoms with Crippen LogP contribution in [0.15, 0.2) is 34.9 Å². The molecule has 1 aromatic carbocycles. The summed E-state index contributed by atoms with van der Waals surface area (Å²) >= 11 is 3.20. The Morgan fingerprint density at radius 2 is 2.00 bits per heavy atom. The monoisotopic (exact) mass is 376 g/mol. The minimum atomic E-state index is -4.38. The quantitative estimate of drug-likeness (QED) is 0.800. The number of amides is 1. The lowest BCUT2D eigenvalue weighted by Crippen LogP contribution is -2.21. The van der Waals surface area contributed by atoms with E-state index in [0.717, 1.165) is 12.1 Å². The second kappa shape index (κ2) is 6.51. The molecule has 1 N–H and O–H groups in total. The van der Waals surface area contributed by atoms with Gasteiger partial charge >= 0.3 is 6.18 Å². The predicted molar refractivity (Wildman–Crippen MR) is 78.6 cm³/mol. The maximum Gasteiger partial charge on any atom is 0.416 e.